The van der Waals surface area contributed by atoms with E-state index in [1.54, 1.807) is 23.0 Å². The van der Waals surface area contributed by atoms with Gasteiger partial charge in [-0.25, -0.2) is 9.18 Å². The minimum absolute atomic E-state index is 0.0519. The molecular weight excluding hydrogens is 413 g/mol. The fraction of sp³-hybridized carbons (Fsp3) is 0.522. The van der Waals surface area contributed by atoms with Crippen molar-refractivity contribution in [3.63, 3.8) is 0 Å². The molecule has 3 rings (SSSR count). The van der Waals surface area contributed by atoms with Gasteiger partial charge < -0.3 is 21.1 Å². The van der Waals surface area contributed by atoms with Crippen molar-refractivity contribution in [2.45, 2.75) is 58.6 Å². The minimum Gasteiger partial charge on any atom is -0.444 e. The van der Waals surface area contributed by atoms with Crippen molar-refractivity contribution < 1.29 is 18.7 Å². The Kier molecular flexibility index (Phi) is 7.06. The summed E-state index contributed by atoms with van der Waals surface area (Å²) in [7, 11) is 0. The molecule has 1 heterocycles. The van der Waals surface area contributed by atoms with Gasteiger partial charge in [-0.3, -0.25) is 9.48 Å². The van der Waals surface area contributed by atoms with Crippen molar-refractivity contribution in [3.8, 4) is 0 Å². The van der Waals surface area contributed by atoms with Gasteiger partial charge in [0.15, 0.2) is 5.82 Å². The van der Waals surface area contributed by atoms with Crippen LogP contribution in [0.15, 0.2) is 30.5 Å². The van der Waals surface area contributed by atoms with Gasteiger partial charge in [0.25, 0.3) is 5.91 Å². The number of carbonyl (C=O) groups excluding carboxylic acids is 2. The van der Waals surface area contributed by atoms with Gasteiger partial charge in [0.1, 0.15) is 17.0 Å². The molecule has 2 aromatic rings. The summed E-state index contributed by atoms with van der Waals surface area (Å²) < 4.78 is 20.3. The highest BCUT2D eigenvalue weighted by molar-refractivity contribution is 5.98. The zero-order chi connectivity index (χ0) is 23.5. The molecule has 0 spiro atoms. The third-order valence-electron chi connectivity index (χ3n) is 5.64. The summed E-state index contributed by atoms with van der Waals surface area (Å²) >= 11 is 0. The maximum Gasteiger partial charge on any atom is 0.407 e. The average molecular weight is 446 g/mol. The number of nitrogens with one attached hydrogen (secondary N) is 2. The van der Waals surface area contributed by atoms with Crippen LogP contribution in [0.2, 0.25) is 0 Å². The molecule has 0 saturated heterocycles. The van der Waals surface area contributed by atoms with E-state index in [4.69, 9.17) is 10.5 Å². The molecule has 9 heteroatoms. The number of amides is 2. The summed E-state index contributed by atoms with van der Waals surface area (Å²) in [6.07, 6.45) is 4.00. The minimum atomic E-state index is -0.590. The number of anilines is 2. The van der Waals surface area contributed by atoms with Gasteiger partial charge in [0, 0.05) is 18.4 Å². The third kappa shape index (κ3) is 6.21. The van der Waals surface area contributed by atoms with Crippen molar-refractivity contribution in [3.05, 3.63) is 41.8 Å². The Morgan fingerprint density at radius 3 is 2.56 bits per heavy atom. The van der Waals surface area contributed by atoms with Crippen LogP contribution in [0, 0.1) is 17.7 Å². The number of benzene rings is 1. The van der Waals surface area contributed by atoms with Crippen molar-refractivity contribution >= 4 is 23.5 Å². The van der Waals surface area contributed by atoms with E-state index in [2.05, 4.69) is 22.7 Å². The lowest BCUT2D eigenvalue weighted by molar-refractivity contribution is 0.0507. The van der Waals surface area contributed by atoms with Crippen molar-refractivity contribution in [2.24, 2.45) is 17.6 Å². The number of aromatic nitrogens is 2. The first kappa shape index (κ1) is 23.6. The molecule has 4 N–H and O–H groups in total. The molecule has 1 aliphatic carbocycles. The van der Waals surface area contributed by atoms with Crippen LogP contribution < -0.4 is 16.4 Å². The van der Waals surface area contributed by atoms with E-state index in [1.807, 2.05) is 20.8 Å². The van der Waals surface area contributed by atoms with Gasteiger partial charge in [-0.2, -0.15) is 5.10 Å². The first-order valence-electron chi connectivity index (χ1n) is 10.9. The van der Waals surface area contributed by atoms with E-state index in [9.17, 15) is 14.0 Å². The van der Waals surface area contributed by atoms with Crippen LogP contribution in [0.5, 0.6) is 0 Å². The molecule has 32 heavy (non-hydrogen) atoms. The molecule has 1 fully saturated rings. The van der Waals surface area contributed by atoms with Crippen molar-refractivity contribution in [1.29, 1.82) is 0 Å². The summed E-state index contributed by atoms with van der Waals surface area (Å²) in [6, 6.07) is 5.85. The van der Waals surface area contributed by atoms with E-state index in [0.717, 1.165) is 19.3 Å². The van der Waals surface area contributed by atoms with E-state index < -0.39 is 17.6 Å². The first-order valence-corrected chi connectivity index (χ1v) is 10.9. The SMILES string of the molecule is CC1CCC(CNC(=O)OC(C)(C)C)CC1n1cc(C(N)=O)c(Nc2ccc(F)cc2)n1. The lowest BCUT2D eigenvalue weighted by Gasteiger charge is -2.34. The zero-order valence-corrected chi connectivity index (χ0v) is 19.0. The molecule has 0 aliphatic heterocycles. The van der Waals surface area contributed by atoms with Gasteiger partial charge in [0.05, 0.1) is 6.04 Å². The standard InChI is InChI=1S/C23H32FN5O3/c1-14-5-6-15(12-26-22(31)32-23(2,3)4)11-19(14)29-13-18(20(25)30)21(28-29)27-17-9-7-16(24)8-10-17/h7-10,13-15,19H,5-6,11-12H2,1-4H3,(H2,25,30)(H,26,31)(H,27,28). The highest BCUT2D eigenvalue weighted by atomic mass is 19.1. The van der Waals surface area contributed by atoms with E-state index in [-0.39, 0.29) is 23.3 Å². The van der Waals surface area contributed by atoms with Gasteiger partial charge in [-0.15, -0.1) is 0 Å². The number of hydrogen-bond donors (Lipinski definition) is 3. The number of halogens is 1. The van der Waals surface area contributed by atoms with Gasteiger partial charge in [0.2, 0.25) is 0 Å². The van der Waals surface area contributed by atoms with E-state index >= 15 is 0 Å². The third-order valence-corrected chi connectivity index (χ3v) is 5.64. The van der Waals surface area contributed by atoms with E-state index in [1.165, 1.54) is 12.1 Å². The Hall–Kier alpha value is -3.10. The summed E-state index contributed by atoms with van der Waals surface area (Å²) in [5, 5.41) is 10.5. The number of hydrogen-bond acceptors (Lipinski definition) is 5. The second-order valence-electron chi connectivity index (χ2n) is 9.47. The molecular formula is C23H32FN5O3. The summed E-state index contributed by atoms with van der Waals surface area (Å²) in [4.78, 5) is 24.0. The molecule has 174 valence electrons. The molecule has 1 aliphatic rings. The normalized spacial score (nSPS) is 21.1. The quantitative estimate of drug-likeness (QED) is 0.611. The second kappa shape index (κ2) is 9.58. The molecule has 1 saturated carbocycles. The van der Waals surface area contributed by atoms with Crippen molar-refractivity contribution in [2.75, 3.05) is 11.9 Å². The van der Waals surface area contributed by atoms with Gasteiger partial charge in [-0.1, -0.05) is 6.92 Å². The highest BCUT2D eigenvalue weighted by Crippen LogP contribution is 2.37. The molecule has 0 bridgehead atoms. The number of nitrogens with two attached hydrogens (primary N) is 1. The average Bonchev–Trinajstić information content (AvgIpc) is 3.11. The molecule has 0 radical (unpaired) electrons. The summed E-state index contributed by atoms with van der Waals surface area (Å²) in [5.41, 5.74) is 5.92. The number of carbonyl (C=O) groups is 2. The molecule has 3 unspecified atom stereocenters. The molecule has 3 atom stereocenters. The largest absolute Gasteiger partial charge is 0.444 e. The smallest absolute Gasteiger partial charge is 0.407 e. The fourth-order valence-corrected chi connectivity index (χ4v) is 3.98. The predicted molar refractivity (Wildman–Crippen MR) is 120 cm³/mol. The monoisotopic (exact) mass is 445 g/mol. The Bertz CT molecular complexity index is 952. The van der Waals surface area contributed by atoms with Crippen LogP contribution in [0.1, 0.15) is 63.4 Å². The Balaban J connectivity index is 1.71. The topological polar surface area (TPSA) is 111 Å². The van der Waals surface area contributed by atoms with Crippen LogP contribution in [0.3, 0.4) is 0 Å². The van der Waals surface area contributed by atoms with Crippen LogP contribution in [0.4, 0.5) is 20.7 Å². The maximum atomic E-state index is 13.2. The number of primary amides is 1. The van der Waals surface area contributed by atoms with Crippen LogP contribution in [0.25, 0.3) is 0 Å². The Morgan fingerprint density at radius 2 is 1.94 bits per heavy atom. The van der Waals surface area contributed by atoms with Gasteiger partial charge >= 0.3 is 6.09 Å². The lowest BCUT2D eigenvalue weighted by atomic mass is 9.79. The maximum absolute atomic E-state index is 13.2. The van der Waals surface area contributed by atoms with Crippen LogP contribution in [-0.2, 0) is 4.74 Å². The fourth-order valence-electron chi connectivity index (χ4n) is 3.98. The molecule has 2 amide bonds. The number of ether oxygens (including phenoxy) is 1. The zero-order valence-electron chi connectivity index (χ0n) is 19.0. The van der Waals surface area contributed by atoms with E-state index in [0.29, 0.717) is 24.0 Å². The lowest BCUT2D eigenvalue weighted by Crippen LogP contribution is -2.37. The summed E-state index contributed by atoms with van der Waals surface area (Å²) in [6.45, 7) is 8.16. The molecule has 1 aromatic carbocycles. The van der Waals surface area contributed by atoms with Gasteiger partial charge in [-0.05, 0) is 76.1 Å². The predicted octanol–water partition coefficient (Wildman–Crippen LogP) is 4.37. The number of nitrogens with zero attached hydrogens (tertiary/aromatic N) is 2. The van der Waals surface area contributed by atoms with Crippen LogP contribution in [-0.4, -0.2) is 33.9 Å². The second-order valence-corrected chi connectivity index (χ2v) is 9.47. The Morgan fingerprint density at radius 1 is 1.25 bits per heavy atom. The van der Waals surface area contributed by atoms with Crippen LogP contribution >= 0.6 is 0 Å². The van der Waals surface area contributed by atoms with Crippen molar-refractivity contribution in [1.82, 2.24) is 15.1 Å². The highest BCUT2D eigenvalue weighted by Gasteiger charge is 2.31. The first-order chi connectivity index (χ1) is 15.0. The summed E-state index contributed by atoms with van der Waals surface area (Å²) in [5.74, 6) is 0.00146. The molecule has 1 aromatic heterocycles. The number of alkyl carbamates (subject to hydrolysis) is 1. The molecule has 8 nitrogen and oxygen atoms in total. The number of rotatable bonds is 6. The Labute approximate surface area is 187 Å².